The van der Waals surface area contributed by atoms with Crippen LogP contribution in [0.3, 0.4) is 0 Å². The summed E-state index contributed by atoms with van der Waals surface area (Å²) in [5, 5.41) is 3.86. The molecule has 0 aliphatic carbocycles. The molecule has 1 unspecified atom stereocenters. The van der Waals surface area contributed by atoms with Crippen LogP contribution in [-0.4, -0.2) is 10.8 Å². The predicted molar refractivity (Wildman–Crippen MR) is 190 cm³/mol. The van der Waals surface area contributed by atoms with Crippen LogP contribution in [0.1, 0.15) is 22.7 Å². The van der Waals surface area contributed by atoms with Gasteiger partial charge < -0.3 is 5.32 Å². The summed E-state index contributed by atoms with van der Waals surface area (Å²) in [6, 6.07) is 59.7. The average Bonchev–Trinajstić information content (AvgIpc) is 3.15. The first-order valence-corrected chi connectivity index (χ1v) is 15.6. The fraction of sp³-hybridized carbons (Fsp3) is 0.0233. The molecule has 0 radical (unpaired) electrons. The van der Waals surface area contributed by atoms with Crippen molar-refractivity contribution in [3.63, 3.8) is 0 Å². The summed E-state index contributed by atoms with van der Waals surface area (Å²) in [7, 11) is 0. The van der Waals surface area contributed by atoms with Crippen molar-refractivity contribution in [1.29, 1.82) is 0 Å². The SMILES string of the molecule is c1ccc(-c2cc(C3=Nc4ccc(-c5ccccc5)cc4C(c4ccccc4)N3)cc(-c3ccccc3-c3ccccn3)c2)cc1. The zero-order chi connectivity index (χ0) is 30.7. The molecule has 1 atom stereocenters. The normalized spacial score (nSPS) is 13.7. The third-order valence-corrected chi connectivity index (χ3v) is 8.58. The second-order valence-electron chi connectivity index (χ2n) is 11.5. The fourth-order valence-electron chi connectivity index (χ4n) is 6.32. The Balaban J connectivity index is 1.31. The van der Waals surface area contributed by atoms with E-state index < -0.39 is 0 Å². The molecule has 0 saturated heterocycles. The molecule has 46 heavy (non-hydrogen) atoms. The molecular formula is C43H31N3. The maximum atomic E-state index is 5.27. The predicted octanol–water partition coefficient (Wildman–Crippen LogP) is 10.5. The van der Waals surface area contributed by atoms with E-state index in [-0.39, 0.29) is 6.04 Å². The van der Waals surface area contributed by atoms with Gasteiger partial charge in [-0.05, 0) is 81.4 Å². The molecule has 0 spiro atoms. The van der Waals surface area contributed by atoms with Crippen LogP contribution in [0, 0.1) is 0 Å². The maximum Gasteiger partial charge on any atom is 0.134 e. The Labute approximate surface area is 269 Å². The minimum absolute atomic E-state index is 0.0583. The van der Waals surface area contributed by atoms with Crippen LogP contribution < -0.4 is 5.32 Å². The van der Waals surface area contributed by atoms with Crippen LogP contribution >= 0.6 is 0 Å². The average molecular weight is 590 g/mol. The number of pyridine rings is 1. The van der Waals surface area contributed by atoms with Crippen molar-refractivity contribution in [3.8, 4) is 44.6 Å². The lowest BCUT2D eigenvalue weighted by molar-refractivity contribution is 0.750. The Morgan fingerprint density at radius 2 is 1.04 bits per heavy atom. The number of hydrogen-bond donors (Lipinski definition) is 1. The molecule has 8 rings (SSSR count). The van der Waals surface area contributed by atoms with Crippen molar-refractivity contribution >= 4 is 11.5 Å². The van der Waals surface area contributed by atoms with Crippen LogP contribution in [0.25, 0.3) is 44.6 Å². The second kappa shape index (κ2) is 12.1. The Kier molecular flexibility index (Phi) is 7.26. The summed E-state index contributed by atoms with van der Waals surface area (Å²) in [6.07, 6.45) is 1.85. The zero-order valence-corrected chi connectivity index (χ0v) is 25.2. The molecule has 1 N–H and O–H groups in total. The van der Waals surface area contributed by atoms with Gasteiger partial charge >= 0.3 is 0 Å². The Morgan fingerprint density at radius 1 is 0.435 bits per heavy atom. The summed E-state index contributed by atoms with van der Waals surface area (Å²) in [5.41, 5.74) is 13.3. The van der Waals surface area contributed by atoms with Gasteiger partial charge in [-0.15, -0.1) is 0 Å². The number of amidine groups is 1. The van der Waals surface area contributed by atoms with Gasteiger partial charge in [0.2, 0.25) is 0 Å². The van der Waals surface area contributed by atoms with Gasteiger partial charge in [0.25, 0.3) is 0 Å². The van der Waals surface area contributed by atoms with Crippen molar-refractivity contribution in [2.75, 3.05) is 0 Å². The Hall–Kier alpha value is -6.06. The molecule has 1 aliphatic heterocycles. The van der Waals surface area contributed by atoms with Crippen molar-refractivity contribution in [3.05, 3.63) is 193 Å². The first kappa shape index (κ1) is 27.5. The number of fused-ring (bicyclic) bond motifs is 1. The largest absolute Gasteiger partial charge is 0.359 e. The molecule has 1 aliphatic rings. The number of hydrogen-bond acceptors (Lipinski definition) is 3. The van der Waals surface area contributed by atoms with E-state index in [9.17, 15) is 0 Å². The van der Waals surface area contributed by atoms with Gasteiger partial charge in [0.15, 0.2) is 0 Å². The highest BCUT2D eigenvalue weighted by atomic mass is 15.1. The van der Waals surface area contributed by atoms with Crippen LogP contribution in [0.2, 0.25) is 0 Å². The molecule has 3 heteroatoms. The molecular weight excluding hydrogens is 558 g/mol. The lowest BCUT2D eigenvalue weighted by atomic mass is 9.90. The monoisotopic (exact) mass is 589 g/mol. The van der Waals surface area contributed by atoms with Gasteiger partial charge in [-0.2, -0.15) is 0 Å². The molecule has 0 bridgehead atoms. The number of aliphatic imine (C=N–C) groups is 1. The highest BCUT2D eigenvalue weighted by molar-refractivity contribution is 6.04. The Morgan fingerprint density at radius 3 is 1.76 bits per heavy atom. The zero-order valence-electron chi connectivity index (χ0n) is 25.2. The quantitative estimate of drug-likeness (QED) is 0.210. The summed E-state index contributed by atoms with van der Waals surface area (Å²) < 4.78 is 0. The number of benzene rings is 6. The molecule has 6 aromatic carbocycles. The lowest BCUT2D eigenvalue weighted by Gasteiger charge is -2.29. The first-order valence-electron chi connectivity index (χ1n) is 15.6. The smallest absolute Gasteiger partial charge is 0.134 e. The van der Waals surface area contributed by atoms with Gasteiger partial charge in [-0.3, -0.25) is 4.98 Å². The molecule has 218 valence electrons. The van der Waals surface area contributed by atoms with Crippen molar-refractivity contribution in [1.82, 2.24) is 10.3 Å². The Bertz CT molecular complexity index is 2160. The van der Waals surface area contributed by atoms with Crippen LogP contribution in [0.5, 0.6) is 0 Å². The van der Waals surface area contributed by atoms with E-state index in [1.165, 1.54) is 16.7 Å². The molecule has 3 nitrogen and oxygen atoms in total. The summed E-state index contributed by atoms with van der Waals surface area (Å²) in [4.78, 5) is 9.96. The molecule has 1 aromatic heterocycles. The van der Waals surface area contributed by atoms with Gasteiger partial charge in [-0.25, -0.2) is 4.99 Å². The minimum Gasteiger partial charge on any atom is -0.359 e. The lowest BCUT2D eigenvalue weighted by Crippen LogP contribution is -2.32. The highest BCUT2D eigenvalue weighted by Crippen LogP contribution is 2.39. The van der Waals surface area contributed by atoms with Gasteiger partial charge in [-0.1, -0.05) is 127 Å². The fourth-order valence-corrected chi connectivity index (χ4v) is 6.32. The van der Waals surface area contributed by atoms with Gasteiger partial charge in [0.1, 0.15) is 5.84 Å². The number of nitrogens with zero attached hydrogens (tertiary/aromatic N) is 2. The van der Waals surface area contributed by atoms with Crippen molar-refractivity contribution in [2.45, 2.75) is 6.04 Å². The standard InChI is InChI=1S/C43H31N3/c1-4-14-30(15-5-1)33-23-24-41-39(29-33)42(32-18-8-3-9-19-32)46-43(45-41)36-27-34(31-16-6-2-7-17-31)26-35(28-36)37-20-10-11-21-38(37)40-22-12-13-25-44-40/h1-29,42H,(H,45,46). The topological polar surface area (TPSA) is 37.3 Å². The van der Waals surface area contributed by atoms with E-state index >= 15 is 0 Å². The summed E-state index contributed by atoms with van der Waals surface area (Å²) in [5.74, 6) is 0.850. The van der Waals surface area contributed by atoms with Crippen molar-refractivity contribution < 1.29 is 0 Å². The van der Waals surface area contributed by atoms with E-state index in [2.05, 4.69) is 168 Å². The van der Waals surface area contributed by atoms with E-state index in [0.717, 1.165) is 56.2 Å². The van der Waals surface area contributed by atoms with Crippen LogP contribution in [0.15, 0.2) is 181 Å². The summed E-state index contributed by atoms with van der Waals surface area (Å²) in [6.45, 7) is 0. The number of aromatic nitrogens is 1. The third kappa shape index (κ3) is 5.40. The van der Waals surface area contributed by atoms with E-state index in [0.29, 0.717) is 0 Å². The number of rotatable bonds is 6. The van der Waals surface area contributed by atoms with Crippen LogP contribution in [0.4, 0.5) is 5.69 Å². The van der Waals surface area contributed by atoms with E-state index in [1.54, 1.807) is 0 Å². The molecule has 0 amide bonds. The second-order valence-corrected chi connectivity index (χ2v) is 11.5. The van der Waals surface area contributed by atoms with Gasteiger partial charge in [0, 0.05) is 22.9 Å². The molecule has 7 aromatic rings. The van der Waals surface area contributed by atoms with Crippen molar-refractivity contribution in [2.24, 2.45) is 4.99 Å². The minimum atomic E-state index is -0.0583. The molecule has 0 fully saturated rings. The molecule has 2 heterocycles. The third-order valence-electron chi connectivity index (χ3n) is 8.58. The number of nitrogens with one attached hydrogen (secondary N) is 1. The van der Waals surface area contributed by atoms with E-state index in [4.69, 9.17) is 4.99 Å². The first-order chi connectivity index (χ1) is 22.8. The van der Waals surface area contributed by atoms with Crippen LogP contribution in [-0.2, 0) is 0 Å². The van der Waals surface area contributed by atoms with E-state index in [1.807, 2.05) is 18.3 Å². The maximum absolute atomic E-state index is 5.27. The molecule has 0 saturated carbocycles. The highest BCUT2D eigenvalue weighted by Gasteiger charge is 2.25. The summed E-state index contributed by atoms with van der Waals surface area (Å²) >= 11 is 0. The van der Waals surface area contributed by atoms with Gasteiger partial charge in [0.05, 0.1) is 17.4 Å².